The number of halogens is 1. The van der Waals surface area contributed by atoms with E-state index in [0.717, 1.165) is 0 Å². The number of anilines is 1. The second kappa shape index (κ2) is 4.21. The van der Waals surface area contributed by atoms with E-state index in [1.807, 2.05) is 0 Å². The number of nitrogens with two attached hydrogens (primary N) is 1. The standard InChI is InChI=1S/C10H12FN3OS/c1-16(15)5-4-14-9-6-7(11)2-3-8(9)13-10(14)12/h2-3,6H,4-5H2,1H3,(H2,12,13). The molecule has 0 fully saturated rings. The lowest BCUT2D eigenvalue weighted by molar-refractivity contribution is 0.628. The van der Waals surface area contributed by atoms with Gasteiger partial charge >= 0.3 is 0 Å². The summed E-state index contributed by atoms with van der Waals surface area (Å²) in [7, 11) is -0.905. The predicted molar refractivity (Wildman–Crippen MR) is 63.0 cm³/mol. The normalized spacial score (nSPS) is 13.1. The molecule has 1 unspecified atom stereocenters. The van der Waals surface area contributed by atoms with Crippen molar-refractivity contribution in [1.29, 1.82) is 0 Å². The van der Waals surface area contributed by atoms with Crippen LogP contribution in [0.2, 0.25) is 0 Å². The molecule has 1 aromatic carbocycles. The zero-order chi connectivity index (χ0) is 11.7. The lowest BCUT2D eigenvalue weighted by Gasteiger charge is -2.04. The van der Waals surface area contributed by atoms with Crippen molar-refractivity contribution in [3.8, 4) is 0 Å². The second-order valence-corrected chi connectivity index (χ2v) is 5.09. The summed E-state index contributed by atoms with van der Waals surface area (Å²) >= 11 is 0. The Hall–Kier alpha value is -1.43. The van der Waals surface area contributed by atoms with Crippen molar-refractivity contribution in [2.75, 3.05) is 17.7 Å². The number of aryl methyl sites for hydroxylation is 1. The van der Waals surface area contributed by atoms with Crippen LogP contribution >= 0.6 is 0 Å². The second-order valence-electron chi connectivity index (χ2n) is 3.53. The van der Waals surface area contributed by atoms with Crippen molar-refractivity contribution >= 4 is 27.8 Å². The summed E-state index contributed by atoms with van der Waals surface area (Å²) in [5.74, 6) is 0.476. The molecule has 0 aliphatic rings. The average molecular weight is 241 g/mol. The lowest BCUT2D eigenvalue weighted by Crippen LogP contribution is -2.09. The number of nitrogen functional groups attached to an aromatic ring is 1. The number of aromatic nitrogens is 2. The van der Waals surface area contributed by atoms with E-state index in [-0.39, 0.29) is 5.82 Å². The van der Waals surface area contributed by atoms with Crippen LogP contribution in [0.5, 0.6) is 0 Å². The van der Waals surface area contributed by atoms with Crippen LogP contribution in [-0.2, 0) is 17.3 Å². The molecule has 2 rings (SSSR count). The number of rotatable bonds is 3. The molecule has 2 aromatic rings. The van der Waals surface area contributed by atoms with Crippen LogP contribution in [0.4, 0.5) is 10.3 Å². The molecule has 0 saturated carbocycles. The first kappa shape index (κ1) is 11.1. The van der Waals surface area contributed by atoms with Crippen LogP contribution in [0.25, 0.3) is 11.0 Å². The Balaban J connectivity index is 2.45. The molecule has 0 saturated heterocycles. The fraction of sp³-hybridized carbons (Fsp3) is 0.300. The predicted octanol–water partition coefficient (Wildman–Crippen LogP) is 1.14. The quantitative estimate of drug-likeness (QED) is 0.876. The van der Waals surface area contributed by atoms with Crippen LogP contribution in [0.15, 0.2) is 18.2 Å². The molecule has 0 amide bonds. The third kappa shape index (κ3) is 2.06. The maximum absolute atomic E-state index is 13.1. The highest BCUT2D eigenvalue weighted by atomic mass is 32.2. The topological polar surface area (TPSA) is 60.9 Å². The fourth-order valence-electron chi connectivity index (χ4n) is 1.57. The van der Waals surface area contributed by atoms with Gasteiger partial charge in [0.2, 0.25) is 5.95 Å². The molecule has 6 heteroatoms. The largest absolute Gasteiger partial charge is 0.369 e. The van der Waals surface area contributed by atoms with E-state index in [4.69, 9.17) is 5.73 Å². The number of benzene rings is 1. The van der Waals surface area contributed by atoms with E-state index < -0.39 is 10.8 Å². The third-order valence-electron chi connectivity index (χ3n) is 2.34. The summed E-state index contributed by atoms with van der Waals surface area (Å²) in [6, 6.07) is 4.31. The Bertz CT molecular complexity index is 552. The Kier molecular flexibility index (Phi) is 2.91. The van der Waals surface area contributed by atoms with Gasteiger partial charge in [-0.3, -0.25) is 4.21 Å². The van der Waals surface area contributed by atoms with Gasteiger partial charge in [0.1, 0.15) is 5.82 Å². The molecule has 86 valence electrons. The van der Waals surface area contributed by atoms with Crippen LogP contribution in [0.1, 0.15) is 0 Å². The molecular weight excluding hydrogens is 229 g/mol. The van der Waals surface area contributed by atoms with Gasteiger partial charge in [0, 0.05) is 29.4 Å². The minimum atomic E-state index is -0.905. The smallest absolute Gasteiger partial charge is 0.201 e. The lowest BCUT2D eigenvalue weighted by atomic mass is 10.3. The summed E-state index contributed by atoms with van der Waals surface area (Å²) in [5.41, 5.74) is 7.02. The molecule has 1 aromatic heterocycles. The molecule has 4 nitrogen and oxygen atoms in total. The summed E-state index contributed by atoms with van der Waals surface area (Å²) in [4.78, 5) is 4.11. The van der Waals surface area contributed by atoms with E-state index >= 15 is 0 Å². The molecule has 0 aliphatic heterocycles. The van der Waals surface area contributed by atoms with Gasteiger partial charge in [-0.2, -0.15) is 0 Å². The molecular formula is C10H12FN3OS. The summed E-state index contributed by atoms with van der Waals surface area (Å²) in [6.07, 6.45) is 1.62. The SMILES string of the molecule is CS(=O)CCn1c(N)nc2ccc(F)cc21. The zero-order valence-corrected chi connectivity index (χ0v) is 9.63. The van der Waals surface area contributed by atoms with Crippen LogP contribution < -0.4 is 5.73 Å². The first-order valence-corrected chi connectivity index (χ1v) is 6.52. The molecule has 0 bridgehead atoms. The number of nitrogens with zero attached hydrogens (tertiary/aromatic N) is 2. The van der Waals surface area contributed by atoms with Gasteiger partial charge in [0.15, 0.2) is 0 Å². The van der Waals surface area contributed by atoms with E-state index in [9.17, 15) is 8.60 Å². The third-order valence-corrected chi connectivity index (χ3v) is 3.10. The number of hydrogen-bond donors (Lipinski definition) is 1. The molecule has 1 heterocycles. The van der Waals surface area contributed by atoms with Crippen molar-refractivity contribution in [3.63, 3.8) is 0 Å². The van der Waals surface area contributed by atoms with Gasteiger partial charge in [-0.25, -0.2) is 9.37 Å². The van der Waals surface area contributed by atoms with Gasteiger partial charge in [0.05, 0.1) is 11.0 Å². The van der Waals surface area contributed by atoms with E-state index in [2.05, 4.69) is 4.98 Å². The van der Waals surface area contributed by atoms with Gasteiger partial charge < -0.3 is 10.3 Å². The first-order chi connectivity index (χ1) is 7.58. The summed E-state index contributed by atoms with van der Waals surface area (Å²) < 4.78 is 25.8. The van der Waals surface area contributed by atoms with Crippen LogP contribution in [-0.4, -0.2) is 25.8 Å². The summed E-state index contributed by atoms with van der Waals surface area (Å²) in [6.45, 7) is 0.481. The summed E-state index contributed by atoms with van der Waals surface area (Å²) in [5, 5.41) is 0. The Morgan fingerprint density at radius 1 is 1.56 bits per heavy atom. The number of imidazole rings is 1. The van der Waals surface area contributed by atoms with E-state index in [0.29, 0.717) is 29.3 Å². The molecule has 0 aliphatic carbocycles. The van der Waals surface area contributed by atoms with Crippen molar-refractivity contribution in [3.05, 3.63) is 24.0 Å². The highest BCUT2D eigenvalue weighted by Crippen LogP contribution is 2.18. The van der Waals surface area contributed by atoms with E-state index in [1.165, 1.54) is 12.1 Å². The molecule has 1 atom stereocenters. The minimum absolute atomic E-state index is 0.325. The van der Waals surface area contributed by atoms with Crippen molar-refractivity contribution in [2.24, 2.45) is 0 Å². The van der Waals surface area contributed by atoms with Gasteiger partial charge in [-0.15, -0.1) is 0 Å². The van der Waals surface area contributed by atoms with E-state index in [1.54, 1.807) is 16.9 Å². The Morgan fingerprint density at radius 3 is 3.00 bits per heavy atom. The Morgan fingerprint density at radius 2 is 2.31 bits per heavy atom. The highest BCUT2D eigenvalue weighted by Gasteiger charge is 2.08. The van der Waals surface area contributed by atoms with Crippen molar-refractivity contribution in [2.45, 2.75) is 6.54 Å². The van der Waals surface area contributed by atoms with Crippen molar-refractivity contribution in [1.82, 2.24) is 9.55 Å². The minimum Gasteiger partial charge on any atom is -0.369 e. The van der Waals surface area contributed by atoms with Gasteiger partial charge in [-0.05, 0) is 18.2 Å². The maximum atomic E-state index is 13.1. The number of hydrogen-bond acceptors (Lipinski definition) is 3. The number of fused-ring (bicyclic) bond motifs is 1. The van der Waals surface area contributed by atoms with Crippen LogP contribution in [0.3, 0.4) is 0 Å². The van der Waals surface area contributed by atoms with Crippen molar-refractivity contribution < 1.29 is 8.60 Å². The van der Waals surface area contributed by atoms with Gasteiger partial charge in [0.25, 0.3) is 0 Å². The maximum Gasteiger partial charge on any atom is 0.201 e. The molecule has 0 radical (unpaired) electrons. The average Bonchev–Trinajstić information content (AvgIpc) is 2.51. The zero-order valence-electron chi connectivity index (χ0n) is 8.81. The Labute approximate surface area is 94.7 Å². The fourth-order valence-corrected chi connectivity index (χ4v) is 2.01. The highest BCUT2D eigenvalue weighted by molar-refractivity contribution is 7.84. The van der Waals surface area contributed by atoms with Gasteiger partial charge in [-0.1, -0.05) is 0 Å². The molecule has 0 spiro atoms. The molecule has 16 heavy (non-hydrogen) atoms. The molecule has 2 N–H and O–H groups in total. The monoisotopic (exact) mass is 241 g/mol. The first-order valence-electron chi connectivity index (χ1n) is 4.79. The van der Waals surface area contributed by atoms with Crippen LogP contribution in [0, 0.1) is 5.82 Å².